The first-order chi connectivity index (χ1) is 17.0. The van der Waals surface area contributed by atoms with Crippen molar-refractivity contribution in [2.75, 3.05) is 19.8 Å². The predicted molar refractivity (Wildman–Crippen MR) is 132 cm³/mol. The molecule has 35 heavy (non-hydrogen) atoms. The highest BCUT2D eigenvalue weighted by Gasteiger charge is 2.28. The van der Waals surface area contributed by atoms with Crippen LogP contribution in [0.15, 0.2) is 42.5 Å². The van der Waals surface area contributed by atoms with Crippen LogP contribution in [0.25, 0.3) is 22.6 Å². The number of para-hydroxylation sites is 1. The highest BCUT2D eigenvalue weighted by atomic mass is 35.5. The minimum absolute atomic E-state index is 0.00947. The van der Waals surface area contributed by atoms with Crippen LogP contribution in [0.4, 0.5) is 4.39 Å². The number of hydrogen-bond donors (Lipinski definition) is 1. The van der Waals surface area contributed by atoms with Crippen molar-refractivity contribution < 1.29 is 23.5 Å². The summed E-state index contributed by atoms with van der Waals surface area (Å²) in [5.74, 6) is -1.39. The summed E-state index contributed by atoms with van der Waals surface area (Å²) in [6, 6.07) is 11.8. The molecule has 0 spiro atoms. The Bertz CT molecular complexity index is 1310. The van der Waals surface area contributed by atoms with E-state index in [1.165, 1.54) is 6.07 Å². The second-order valence-electron chi connectivity index (χ2n) is 8.65. The van der Waals surface area contributed by atoms with E-state index in [-0.39, 0.29) is 18.6 Å². The lowest BCUT2D eigenvalue weighted by molar-refractivity contribution is -0.124. The number of halogens is 2. The number of nitrogens with zero attached hydrogens (tertiary/aromatic N) is 1. The van der Waals surface area contributed by atoms with Crippen molar-refractivity contribution in [1.82, 2.24) is 10.3 Å². The standard InChI is InChI=1S/C27H24ClFN2O4/c28-21-7-3-8-22(29)20(21)13-16-10-11-19-25(18-6-1-2-9-23(18)31-26(16)19)27(33)35-15-24(32)30-14-17-5-4-12-34-17/h1-3,6-9,13,17H,4-5,10-12,14-15H2,(H,30,32)/b16-13+. The minimum Gasteiger partial charge on any atom is -0.452 e. The molecule has 1 N–H and O–H groups in total. The number of aromatic nitrogens is 1. The third-order valence-electron chi connectivity index (χ3n) is 6.35. The van der Waals surface area contributed by atoms with E-state index < -0.39 is 11.8 Å². The molecule has 0 bridgehead atoms. The first kappa shape index (κ1) is 23.5. The molecule has 1 fully saturated rings. The summed E-state index contributed by atoms with van der Waals surface area (Å²) in [5, 5.41) is 3.71. The molecule has 1 aromatic heterocycles. The van der Waals surface area contributed by atoms with Gasteiger partial charge in [0.05, 0.1) is 27.9 Å². The molecular weight excluding hydrogens is 471 g/mol. The molecule has 1 amide bonds. The van der Waals surface area contributed by atoms with Gasteiger partial charge in [-0.05, 0) is 61.1 Å². The Labute approximate surface area is 207 Å². The first-order valence-corrected chi connectivity index (χ1v) is 12.0. The van der Waals surface area contributed by atoms with Crippen LogP contribution >= 0.6 is 11.6 Å². The van der Waals surface area contributed by atoms with Gasteiger partial charge in [-0.25, -0.2) is 14.2 Å². The molecule has 1 aliphatic carbocycles. The van der Waals surface area contributed by atoms with Crippen LogP contribution in [0.5, 0.6) is 0 Å². The Hall–Kier alpha value is -3.29. The topological polar surface area (TPSA) is 77.5 Å². The number of amides is 1. The van der Waals surface area contributed by atoms with Crippen LogP contribution in [0.3, 0.4) is 0 Å². The van der Waals surface area contributed by atoms with Gasteiger partial charge in [-0.1, -0.05) is 35.9 Å². The van der Waals surface area contributed by atoms with E-state index in [0.29, 0.717) is 58.7 Å². The molecule has 2 aromatic carbocycles. The second kappa shape index (κ2) is 10.1. The molecule has 8 heteroatoms. The number of benzene rings is 2. The van der Waals surface area contributed by atoms with Crippen molar-refractivity contribution in [2.45, 2.75) is 31.8 Å². The number of esters is 1. The average Bonchev–Trinajstić information content (AvgIpc) is 3.52. The Morgan fingerprint density at radius 3 is 2.86 bits per heavy atom. The lowest BCUT2D eigenvalue weighted by Crippen LogP contribution is -2.34. The van der Waals surface area contributed by atoms with Crippen molar-refractivity contribution in [2.24, 2.45) is 0 Å². The smallest absolute Gasteiger partial charge is 0.339 e. The lowest BCUT2D eigenvalue weighted by Gasteiger charge is -2.13. The summed E-state index contributed by atoms with van der Waals surface area (Å²) in [4.78, 5) is 30.2. The molecule has 1 atom stereocenters. The van der Waals surface area contributed by atoms with Gasteiger partial charge < -0.3 is 14.8 Å². The van der Waals surface area contributed by atoms with Gasteiger partial charge in [-0.3, -0.25) is 4.79 Å². The zero-order valence-electron chi connectivity index (χ0n) is 19.0. The summed E-state index contributed by atoms with van der Waals surface area (Å²) in [6.45, 7) is 0.719. The van der Waals surface area contributed by atoms with Gasteiger partial charge in [0.1, 0.15) is 5.82 Å². The summed E-state index contributed by atoms with van der Waals surface area (Å²) in [5.41, 5.74) is 3.44. The fraction of sp³-hybridized carbons (Fsp3) is 0.296. The van der Waals surface area contributed by atoms with Crippen molar-refractivity contribution in [3.8, 4) is 0 Å². The molecule has 0 saturated carbocycles. The number of rotatable bonds is 6. The average molecular weight is 495 g/mol. The van der Waals surface area contributed by atoms with Crippen molar-refractivity contribution in [3.63, 3.8) is 0 Å². The molecule has 3 aromatic rings. The SMILES string of the molecule is O=C(COC(=O)c1c2c(nc3ccccc13)/C(=C/c1c(F)cccc1Cl)CC2)NCC1CCCO1. The van der Waals surface area contributed by atoms with Crippen molar-refractivity contribution >= 4 is 46.0 Å². The third-order valence-corrected chi connectivity index (χ3v) is 6.68. The number of nitrogens with one attached hydrogen (secondary N) is 1. The molecule has 0 radical (unpaired) electrons. The van der Waals surface area contributed by atoms with E-state index in [1.807, 2.05) is 24.3 Å². The van der Waals surface area contributed by atoms with Gasteiger partial charge in [0.2, 0.25) is 0 Å². The molecule has 1 unspecified atom stereocenters. The van der Waals surface area contributed by atoms with Crippen molar-refractivity contribution in [1.29, 1.82) is 0 Å². The van der Waals surface area contributed by atoms with Crippen LogP contribution in [-0.2, 0) is 20.7 Å². The monoisotopic (exact) mass is 494 g/mol. The maximum Gasteiger partial charge on any atom is 0.339 e. The van der Waals surface area contributed by atoms with Crippen LogP contribution in [-0.4, -0.2) is 42.7 Å². The second-order valence-corrected chi connectivity index (χ2v) is 9.06. The summed E-state index contributed by atoms with van der Waals surface area (Å²) < 4.78 is 25.3. The Balaban J connectivity index is 1.42. The molecule has 2 heterocycles. The molecule has 180 valence electrons. The first-order valence-electron chi connectivity index (χ1n) is 11.6. The van der Waals surface area contributed by atoms with E-state index in [9.17, 15) is 14.0 Å². The minimum atomic E-state index is -0.586. The van der Waals surface area contributed by atoms with Gasteiger partial charge in [-0.2, -0.15) is 0 Å². The number of carbonyl (C=O) groups is 2. The van der Waals surface area contributed by atoms with Crippen LogP contribution in [0, 0.1) is 5.82 Å². The fourth-order valence-corrected chi connectivity index (χ4v) is 4.84. The van der Waals surface area contributed by atoms with E-state index in [2.05, 4.69) is 5.32 Å². The molecular formula is C27H24ClFN2O4. The number of pyridine rings is 1. The highest BCUT2D eigenvalue weighted by Crippen LogP contribution is 2.38. The maximum absolute atomic E-state index is 14.4. The maximum atomic E-state index is 14.4. The molecule has 2 aliphatic rings. The zero-order chi connectivity index (χ0) is 24.4. The quantitative estimate of drug-likeness (QED) is 0.490. The third kappa shape index (κ3) is 4.92. The van der Waals surface area contributed by atoms with E-state index >= 15 is 0 Å². The zero-order valence-corrected chi connectivity index (χ0v) is 19.7. The van der Waals surface area contributed by atoms with Gasteiger partial charge >= 0.3 is 5.97 Å². The van der Waals surface area contributed by atoms with Crippen molar-refractivity contribution in [3.05, 3.63) is 75.7 Å². The fourth-order valence-electron chi connectivity index (χ4n) is 4.62. The molecule has 1 saturated heterocycles. The predicted octanol–water partition coefficient (Wildman–Crippen LogP) is 4.97. The summed E-state index contributed by atoms with van der Waals surface area (Å²) >= 11 is 6.23. The van der Waals surface area contributed by atoms with Gasteiger partial charge in [0, 0.05) is 24.1 Å². The van der Waals surface area contributed by atoms with E-state index in [0.717, 1.165) is 24.0 Å². The number of carbonyl (C=O) groups excluding carboxylic acids is 2. The largest absolute Gasteiger partial charge is 0.452 e. The Kier molecular flexibility index (Phi) is 6.79. The van der Waals surface area contributed by atoms with Crippen LogP contribution in [0.1, 0.15) is 46.4 Å². The lowest BCUT2D eigenvalue weighted by atomic mass is 10.0. The normalized spacial score (nSPS) is 18.1. The van der Waals surface area contributed by atoms with Gasteiger partial charge in [0.25, 0.3) is 5.91 Å². The van der Waals surface area contributed by atoms with Crippen LogP contribution < -0.4 is 5.32 Å². The van der Waals surface area contributed by atoms with E-state index in [1.54, 1.807) is 18.2 Å². The summed E-state index contributed by atoms with van der Waals surface area (Å²) in [6.07, 6.45) is 4.71. The van der Waals surface area contributed by atoms with Gasteiger partial charge in [0.15, 0.2) is 6.61 Å². The van der Waals surface area contributed by atoms with Crippen LogP contribution in [0.2, 0.25) is 5.02 Å². The number of hydrogen-bond acceptors (Lipinski definition) is 5. The molecule has 1 aliphatic heterocycles. The molecule has 6 nitrogen and oxygen atoms in total. The Morgan fingerprint density at radius 1 is 1.20 bits per heavy atom. The number of allylic oxidation sites excluding steroid dienone is 1. The Morgan fingerprint density at radius 2 is 2.06 bits per heavy atom. The number of fused-ring (bicyclic) bond motifs is 2. The van der Waals surface area contributed by atoms with Gasteiger partial charge in [-0.15, -0.1) is 0 Å². The summed E-state index contributed by atoms with van der Waals surface area (Å²) in [7, 11) is 0. The highest BCUT2D eigenvalue weighted by molar-refractivity contribution is 6.32. The van der Waals surface area contributed by atoms with E-state index in [4.69, 9.17) is 26.1 Å². The molecule has 5 rings (SSSR count). The number of ether oxygens (including phenoxy) is 2.